The van der Waals surface area contributed by atoms with Gasteiger partial charge in [-0.05, 0) is 60.1 Å². The third kappa shape index (κ3) is 3.84. The van der Waals surface area contributed by atoms with E-state index in [4.69, 9.17) is 23.8 Å². The molecule has 3 N–H and O–H groups in total. The molecule has 0 aliphatic carbocycles. The molecule has 3 aromatic rings. The number of carbonyl (C=O) groups is 1. The number of halogens is 1. The summed E-state index contributed by atoms with van der Waals surface area (Å²) < 4.78 is 0. The van der Waals surface area contributed by atoms with Crippen molar-refractivity contribution >= 4 is 51.3 Å². The number of hydrogen-bond donors (Lipinski definition) is 3. The summed E-state index contributed by atoms with van der Waals surface area (Å²) >= 11 is 11.5. The Morgan fingerprint density at radius 3 is 2.66 bits per heavy atom. The molecule has 1 aliphatic rings. The maximum Gasteiger partial charge on any atom is 0.255 e. The van der Waals surface area contributed by atoms with Gasteiger partial charge in [0.1, 0.15) is 0 Å². The lowest BCUT2D eigenvalue weighted by atomic mass is 9.91. The van der Waals surface area contributed by atoms with Crippen LogP contribution in [0.3, 0.4) is 0 Å². The second-order valence-electron chi connectivity index (χ2n) is 7.05. The summed E-state index contributed by atoms with van der Waals surface area (Å²) in [5.74, 6) is -0.201. The van der Waals surface area contributed by atoms with Crippen LogP contribution >= 0.6 is 23.8 Å². The number of anilines is 1. The quantitative estimate of drug-likeness (QED) is 0.506. The predicted molar refractivity (Wildman–Crippen MR) is 123 cm³/mol. The number of nitrogens with one attached hydrogen (secondary N) is 3. The third-order valence-electron chi connectivity index (χ3n) is 5.10. The minimum atomic E-state index is -0.366. The van der Waals surface area contributed by atoms with Crippen molar-refractivity contribution in [3.8, 4) is 0 Å². The molecular formula is C23H20ClN3OS. The van der Waals surface area contributed by atoms with Crippen molar-refractivity contribution in [2.45, 2.75) is 19.9 Å². The largest absolute Gasteiger partial charge is 0.351 e. The maximum absolute atomic E-state index is 13.3. The van der Waals surface area contributed by atoms with Crippen LogP contribution in [-0.4, -0.2) is 11.0 Å². The highest BCUT2D eigenvalue weighted by molar-refractivity contribution is 7.80. The molecule has 0 saturated carbocycles. The fourth-order valence-electron chi connectivity index (χ4n) is 3.65. The molecule has 1 amide bonds. The Bertz CT molecular complexity index is 1170. The van der Waals surface area contributed by atoms with Crippen LogP contribution in [0.15, 0.2) is 71.9 Å². The number of hydrogen-bond acceptors (Lipinski definition) is 2. The number of benzene rings is 3. The normalized spacial score (nSPS) is 16.4. The second-order valence-corrected chi connectivity index (χ2v) is 7.90. The van der Waals surface area contributed by atoms with Crippen molar-refractivity contribution in [2.24, 2.45) is 0 Å². The molecule has 0 bridgehead atoms. The first-order valence-corrected chi connectivity index (χ1v) is 10.1. The van der Waals surface area contributed by atoms with Crippen LogP contribution in [0, 0.1) is 6.92 Å². The van der Waals surface area contributed by atoms with Crippen LogP contribution < -0.4 is 16.0 Å². The smallest absolute Gasteiger partial charge is 0.255 e. The van der Waals surface area contributed by atoms with Crippen molar-refractivity contribution in [1.82, 2.24) is 10.6 Å². The van der Waals surface area contributed by atoms with Gasteiger partial charge in [0.2, 0.25) is 0 Å². The highest BCUT2D eigenvalue weighted by atomic mass is 35.5. The molecular weight excluding hydrogens is 402 g/mol. The van der Waals surface area contributed by atoms with Crippen LogP contribution in [0.1, 0.15) is 24.1 Å². The molecule has 29 heavy (non-hydrogen) atoms. The first-order valence-electron chi connectivity index (χ1n) is 9.27. The van der Waals surface area contributed by atoms with Crippen LogP contribution in [0.25, 0.3) is 10.8 Å². The van der Waals surface area contributed by atoms with E-state index in [9.17, 15) is 4.79 Å². The zero-order valence-electron chi connectivity index (χ0n) is 16.0. The van der Waals surface area contributed by atoms with Gasteiger partial charge in [-0.2, -0.15) is 0 Å². The lowest BCUT2D eigenvalue weighted by Crippen LogP contribution is -2.45. The summed E-state index contributed by atoms with van der Waals surface area (Å²) in [6.45, 7) is 3.80. The van der Waals surface area contributed by atoms with Gasteiger partial charge in [0.15, 0.2) is 5.11 Å². The zero-order valence-corrected chi connectivity index (χ0v) is 17.6. The van der Waals surface area contributed by atoms with Gasteiger partial charge in [-0.25, -0.2) is 0 Å². The molecule has 146 valence electrons. The topological polar surface area (TPSA) is 53.2 Å². The molecule has 0 radical (unpaired) electrons. The number of thiocarbonyl (C=S) groups is 1. The minimum absolute atomic E-state index is 0.201. The molecule has 0 spiro atoms. The second kappa shape index (κ2) is 7.85. The van der Waals surface area contributed by atoms with Crippen LogP contribution in [0.4, 0.5) is 5.69 Å². The number of allylic oxidation sites excluding steroid dienone is 1. The Balaban J connectivity index is 1.78. The molecule has 3 aromatic carbocycles. The predicted octanol–water partition coefficient (Wildman–Crippen LogP) is 5.23. The number of amides is 1. The van der Waals surface area contributed by atoms with Gasteiger partial charge in [0, 0.05) is 16.4 Å². The number of rotatable bonds is 3. The summed E-state index contributed by atoms with van der Waals surface area (Å²) in [4.78, 5) is 13.3. The Morgan fingerprint density at radius 1 is 1.07 bits per heavy atom. The fourth-order valence-corrected chi connectivity index (χ4v) is 4.09. The van der Waals surface area contributed by atoms with Gasteiger partial charge in [-0.1, -0.05) is 60.1 Å². The fraction of sp³-hybridized carbons (Fsp3) is 0.130. The molecule has 0 saturated heterocycles. The van der Waals surface area contributed by atoms with E-state index < -0.39 is 0 Å². The molecule has 1 aliphatic heterocycles. The molecule has 1 atom stereocenters. The lowest BCUT2D eigenvalue weighted by molar-refractivity contribution is -0.113. The molecule has 1 heterocycles. The first kappa shape index (κ1) is 19.4. The summed E-state index contributed by atoms with van der Waals surface area (Å²) in [6, 6.07) is 19.3. The van der Waals surface area contributed by atoms with E-state index in [-0.39, 0.29) is 11.9 Å². The summed E-state index contributed by atoms with van der Waals surface area (Å²) in [5, 5.41) is 12.6. The Hall–Kier alpha value is -2.89. The van der Waals surface area contributed by atoms with Gasteiger partial charge in [-0.15, -0.1) is 0 Å². The summed E-state index contributed by atoms with van der Waals surface area (Å²) in [6.07, 6.45) is 0. The molecule has 0 aromatic heterocycles. The van der Waals surface area contributed by atoms with Crippen molar-refractivity contribution in [3.05, 3.63) is 88.1 Å². The highest BCUT2D eigenvalue weighted by Gasteiger charge is 2.31. The molecule has 0 unspecified atom stereocenters. The number of fused-ring (bicyclic) bond motifs is 1. The van der Waals surface area contributed by atoms with Crippen LogP contribution in [0.5, 0.6) is 0 Å². The van der Waals surface area contributed by atoms with E-state index in [1.807, 2.05) is 44.2 Å². The van der Waals surface area contributed by atoms with E-state index in [0.29, 0.717) is 21.4 Å². The van der Waals surface area contributed by atoms with Gasteiger partial charge >= 0.3 is 0 Å². The van der Waals surface area contributed by atoms with E-state index >= 15 is 0 Å². The van der Waals surface area contributed by atoms with E-state index in [0.717, 1.165) is 27.6 Å². The minimum Gasteiger partial charge on any atom is -0.351 e. The van der Waals surface area contributed by atoms with E-state index in [1.165, 1.54) is 0 Å². The maximum atomic E-state index is 13.3. The molecule has 6 heteroatoms. The highest BCUT2D eigenvalue weighted by Crippen LogP contribution is 2.33. The van der Waals surface area contributed by atoms with Crippen LogP contribution in [-0.2, 0) is 4.79 Å². The zero-order chi connectivity index (χ0) is 20.5. The molecule has 0 fully saturated rings. The van der Waals surface area contributed by atoms with E-state index in [1.54, 1.807) is 12.1 Å². The monoisotopic (exact) mass is 421 g/mol. The van der Waals surface area contributed by atoms with E-state index in [2.05, 4.69) is 34.1 Å². The van der Waals surface area contributed by atoms with Gasteiger partial charge in [0.25, 0.3) is 5.91 Å². The first-order chi connectivity index (χ1) is 13.9. The number of carbonyl (C=O) groups excluding carboxylic acids is 1. The number of aryl methyl sites for hydroxylation is 1. The Kier molecular flexibility index (Phi) is 5.26. The van der Waals surface area contributed by atoms with Gasteiger partial charge in [-0.3, -0.25) is 4.79 Å². The summed E-state index contributed by atoms with van der Waals surface area (Å²) in [7, 11) is 0. The SMILES string of the molecule is CC1=C(C(=O)Nc2cc(Cl)ccc2C)[C@H](c2cccc3ccccc23)NC(=S)N1. The molecule has 4 rings (SSSR count). The Morgan fingerprint density at radius 2 is 1.83 bits per heavy atom. The Labute approximate surface area is 180 Å². The van der Waals surface area contributed by atoms with Crippen molar-refractivity contribution in [2.75, 3.05) is 5.32 Å². The standard InChI is InChI=1S/C23H20ClN3OS/c1-13-10-11-16(24)12-19(13)26-22(28)20-14(2)25-23(29)27-21(20)18-9-5-7-15-6-3-4-8-17(15)18/h3-12,21H,1-2H3,(H,26,28)(H2,25,27,29)/t21-/m0/s1. The van der Waals surface area contributed by atoms with Gasteiger partial charge < -0.3 is 16.0 Å². The third-order valence-corrected chi connectivity index (χ3v) is 5.55. The van der Waals surface area contributed by atoms with Crippen molar-refractivity contribution in [3.63, 3.8) is 0 Å². The molecule has 4 nitrogen and oxygen atoms in total. The van der Waals surface area contributed by atoms with Gasteiger partial charge in [0.05, 0.1) is 11.6 Å². The van der Waals surface area contributed by atoms with Crippen molar-refractivity contribution < 1.29 is 4.79 Å². The summed E-state index contributed by atoms with van der Waals surface area (Å²) in [5.41, 5.74) is 3.94. The van der Waals surface area contributed by atoms with Crippen molar-refractivity contribution in [1.29, 1.82) is 0 Å². The average Bonchev–Trinajstić information content (AvgIpc) is 2.69. The van der Waals surface area contributed by atoms with Crippen LogP contribution in [0.2, 0.25) is 5.02 Å². The lowest BCUT2D eigenvalue weighted by Gasteiger charge is -2.31. The average molecular weight is 422 g/mol.